The third-order valence-electron chi connectivity index (χ3n) is 2.11. The van der Waals surface area contributed by atoms with E-state index in [0.717, 1.165) is 6.54 Å². The minimum absolute atomic E-state index is 0.434. The molecule has 1 atom stereocenters. The lowest BCUT2D eigenvalue weighted by molar-refractivity contribution is 0.308. The summed E-state index contributed by atoms with van der Waals surface area (Å²) in [5, 5.41) is 3.54. The highest BCUT2D eigenvalue weighted by atomic mass is 14.9. The molecule has 0 aromatic carbocycles. The maximum Gasteiger partial charge on any atom is 0.0137 e. The van der Waals surface area contributed by atoms with Crippen molar-refractivity contribution in [1.82, 2.24) is 5.32 Å². The van der Waals surface area contributed by atoms with Crippen LogP contribution in [0, 0.1) is 5.41 Å². The van der Waals surface area contributed by atoms with E-state index in [1.54, 1.807) is 0 Å². The maximum absolute atomic E-state index is 3.54. The van der Waals surface area contributed by atoms with Crippen LogP contribution >= 0.6 is 0 Å². The van der Waals surface area contributed by atoms with E-state index in [1.165, 1.54) is 12.8 Å². The van der Waals surface area contributed by atoms with Crippen molar-refractivity contribution in [2.75, 3.05) is 6.54 Å². The molecule has 0 unspecified atom stereocenters. The topological polar surface area (TPSA) is 12.0 Å². The highest BCUT2D eigenvalue weighted by Crippen LogP contribution is 2.21. The molecule has 0 rings (SSSR count). The first-order valence-corrected chi connectivity index (χ1v) is 5.34. The smallest absolute Gasteiger partial charge is 0.0137 e. The number of hydrogen-bond donors (Lipinski definition) is 1. The van der Waals surface area contributed by atoms with Gasteiger partial charge in [0.15, 0.2) is 0 Å². The Balaban J connectivity index is 3.76. The lowest BCUT2D eigenvalue weighted by Crippen LogP contribution is -2.32. The molecule has 1 N–H and O–H groups in total. The van der Waals surface area contributed by atoms with E-state index in [2.05, 4.69) is 52.1 Å². The molecule has 0 spiro atoms. The number of allylic oxidation sites excluding steroid dienone is 1. The van der Waals surface area contributed by atoms with Crippen molar-refractivity contribution in [2.45, 2.75) is 53.5 Å². The van der Waals surface area contributed by atoms with Crippen LogP contribution in [-0.4, -0.2) is 12.6 Å². The van der Waals surface area contributed by atoms with Crippen LogP contribution in [0.15, 0.2) is 12.2 Å². The van der Waals surface area contributed by atoms with E-state index in [9.17, 15) is 0 Å². The van der Waals surface area contributed by atoms with Gasteiger partial charge in [0.1, 0.15) is 0 Å². The van der Waals surface area contributed by atoms with Crippen LogP contribution in [0.1, 0.15) is 47.5 Å². The van der Waals surface area contributed by atoms with E-state index in [1.807, 2.05) is 0 Å². The molecule has 78 valence electrons. The second kappa shape index (κ2) is 6.20. The summed E-state index contributed by atoms with van der Waals surface area (Å²) in [5.74, 6) is 0. The number of nitrogens with one attached hydrogen (secondary N) is 1. The fourth-order valence-corrected chi connectivity index (χ4v) is 1.45. The minimum Gasteiger partial charge on any atom is -0.311 e. The van der Waals surface area contributed by atoms with Crippen LogP contribution in [0.2, 0.25) is 0 Å². The average Bonchev–Trinajstić information content (AvgIpc) is 2.01. The largest absolute Gasteiger partial charge is 0.311 e. The molecule has 0 saturated heterocycles. The summed E-state index contributed by atoms with van der Waals surface area (Å²) in [5.41, 5.74) is 0.434. The Hall–Kier alpha value is -0.300. The summed E-state index contributed by atoms with van der Waals surface area (Å²) in [6.07, 6.45) is 6.73. The van der Waals surface area contributed by atoms with E-state index >= 15 is 0 Å². The molecule has 0 saturated carbocycles. The van der Waals surface area contributed by atoms with Gasteiger partial charge in [-0.2, -0.15) is 0 Å². The van der Waals surface area contributed by atoms with Crippen LogP contribution < -0.4 is 5.32 Å². The predicted molar refractivity (Wildman–Crippen MR) is 61.0 cm³/mol. The standard InChI is InChI=1S/C12H25N/c1-6-8-9-13-11(7-2)10-12(3,4)5/h6,8,11,13H,7,9-10H2,1-5H3/b8-6+/t11-/m0/s1. The van der Waals surface area contributed by atoms with Gasteiger partial charge in [0.25, 0.3) is 0 Å². The fraction of sp³-hybridized carbons (Fsp3) is 0.833. The summed E-state index contributed by atoms with van der Waals surface area (Å²) in [6.45, 7) is 12.2. The van der Waals surface area contributed by atoms with Crippen molar-refractivity contribution in [3.8, 4) is 0 Å². The van der Waals surface area contributed by atoms with Gasteiger partial charge < -0.3 is 5.32 Å². The summed E-state index contributed by atoms with van der Waals surface area (Å²) in [6, 6.07) is 0.663. The lowest BCUT2D eigenvalue weighted by atomic mass is 9.87. The van der Waals surface area contributed by atoms with Crippen molar-refractivity contribution in [1.29, 1.82) is 0 Å². The molecule has 1 heteroatoms. The molecule has 0 fully saturated rings. The van der Waals surface area contributed by atoms with Gasteiger partial charge in [-0.1, -0.05) is 39.8 Å². The molecule has 13 heavy (non-hydrogen) atoms. The average molecular weight is 183 g/mol. The lowest BCUT2D eigenvalue weighted by Gasteiger charge is -2.25. The van der Waals surface area contributed by atoms with Crippen LogP contribution in [-0.2, 0) is 0 Å². The highest BCUT2D eigenvalue weighted by Gasteiger charge is 2.16. The molecule has 0 aliphatic heterocycles. The third-order valence-corrected chi connectivity index (χ3v) is 2.11. The van der Waals surface area contributed by atoms with Crippen molar-refractivity contribution in [3.63, 3.8) is 0 Å². The predicted octanol–water partition coefficient (Wildman–Crippen LogP) is 3.37. The molecule has 0 bridgehead atoms. The summed E-state index contributed by atoms with van der Waals surface area (Å²) >= 11 is 0. The van der Waals surface area contributed by atoms with Crippen molar-refractivity contribution in [2.24, 2.45) is 5.41 Å². The number of hydrogen-bond acceptors (Lipinski definition) is 1. The van der Waals surface area contributed by atoms with Crippen LogP contribution in [0.3, 0.4) is 0 Å². The highest BCUT2D eigenvalue weighted by molar-refractivity contribution is 4.82. The first kappa shape index (κ1) is 12.7. The van der Waals surface area contributed by atoms with E-state index in [0.29, 0.717) is 11.5 Å². The monoisotopic (exact) mass is 183 g/mol. The summed E-state index contributed by atoms with van der Waals surface area (Å²) in [4.78, 5) is 0. The Labute approximate surface area is 83.6 Å². The quantitative estimate of drug-likeness (QED) is 0.644. The Kier molecular flexibility index (Phi) is 6.06. The third kappa shape index (κ3) is 8.04. The van der Waals surface area contributed by atoms with Gasteiger partial charge >= 0.3 is 0 Å². The molecule has 0 amide bonds. The zero-order chi connectivity index (χ0) is 10.3. The van der Waals surface area contributed by atoms with Crippen molar-refractivity contribution >= 4 is 0 Å². The summed E-state index contributed by atoms with van der Waals surface area (Å²) in [7, 11) is 0. The van der Waals surface area contributed by atoms with Crippen LogP contribution in [0.4, 0.5) is 0 Å². The van der Waals surface area contributed by atoms with E-state index in [-0.39, 0.29) is 0 Å². The summed E-state index contributed by atoms with van der Waals surface area (Å²) < 4.78 is 0. The van der Waals surface area contributed by atoms with Crippen LogP contribution in [0.25, 0.3) is 0 Å². The van der Waals surface area contributed by atoms with Gasteiger partial charge in [0, 0.05) is 12.6 Å². The second-order valence-electron chi connectivity index (χ2n) is 4.85. The molecular weight excluding hydrogens is 158 g/mol. The molecular formula is C12H25N. The van der Waals surface area contributed by atoms with Gasteiger partial charge in [-0.05, 0) is 25.2 Å². The van der Waals surface area contributed by atoms with E-state index in [4.69, 9.17) is 0 Å². The van der Waals surface area contributed by atoms with Gasteiger partial charge in [-0.15, -0.1) is 0 Å². The Morgan fingerprint density at radius 1 is 1.31 bits per heavy atom. The van der Waals surface area contributed by atoms with Crippen LogP contribution in [0.5, 0.6) is 0 Å². The molecule has 0 aromatic heterocycles. The zero-order valence-electron chi connectivity index (χ0n) is 9.85. The maximum atomic E-state index is 3.54. The molecule has 1 nitrogen and oxygen atoms in total. The zero-order valence-corrected chi connectivity index (χ0v) is 9.85. The molecule has 0 aliphatic rings. The van der Waals surface area contributed by atoms with Crippen molar-refractivity contribution < 1.29 is 0 Å². The van der Waals surface area contributed by atoms with Gasteiger partial charge in [-0.3, -0.25) is 0 Å². The Bertz CT molecular complexity index is 142. The molecule has 0 radical (unpaired) electrons. The molecule has 0 aromatic rings. The Morgan fingerprint density at radius 2 is 1.92 bits per heavy atom. The van der Waals surface area contributed by atoms with Gasteiger partial charge in [-0.25, -0.2) is 0 Å². The fourth-order valence-electron chi connectivity index (χ4n) is 1.45. The van der Waals surface area contributed by atoms with E-state index < -0.39 is 0 Å². The normalized spacial score (nSPS) is 15.2. The first-order valence-electron chi connectivity index (χ1n) is 5.34. The SMILES string of the molecule is C/C=C/CN[C@@H](CC)CC(C)(C)C. The second-order valence-corrected chi connectivity index (χ2v) is 4.85. The van der Waals surface area contributed by atoms with Crippen molar-refractivity contribution in [3.05, 3.63) is 12.2 Å². The minimum atomic E-state index is 0.434. The van der Waals surface area contributed by atoms with Gasteiger partial charge in [0.05, 0.1) is 0 Å². The Morgan fingerprint density at radius 3 is 2.31 bits per heavy atom. The number of rotatable bonds is 5. The molecule has 0 heterocycles. The molecule has 0 aliphatic carbocycles. The van der Waals surface area contributed by atoms with Gasteiger partial charge in [0.2, 0.25) is 0 Å². The first-order chi connectivity index (χ1) is 5.99.